The summed E-state index contributed by atoms with van der Waals surface area (Å²) in [4.78, 5) is 0. The van der Waals surface area contributed by atoms with Gasteiger partial charge in [-0.15, -0.1) is 0 Å². The van der Waals surface area contributed by atoms with E-state index in [1.807, 2.05) is 6.08 Å². The van der Waals surface area contributed by atoms with Crippen molar-refractivity contribution in [3.8, 4) is 22.3 Å². The lowest BCUT2D eigenvalue weighted by atomic mass is 9.84. The molecule has 0 aliphatic carbocycles. The maximum Gasteiger partial charge on any atom is -0.00261 e. The summed E-state index contributed by atoms with van der Waals surface area (Å²) >= 11 is 0. The van der Waals surface area contributed by atoms with Crippen molar-refractivity contribution in [2.24, 2.45) is 0 Å². The van der Waals surface area contributed by atoms with Gasteiger partial charge < -0.3 is 0 Å². The molecule has 0 nitrogen and oxygen atoms in total. The first-order valence-electron chi connectivity index (χ1n) is 14.2. The van der Waals surface area contributed by atoms with E-state index < -0.39 is 0 Å². The van der Waals surface area contributed by atoms with E-state index in [0.29, 0.717) is 0 Å². The molecule has 0 aliphatic rings. The van der Waals surface area contributed by atoms with Crippen LogP contribution in [0, 0.1) is 0 Å². The molecule has 0 heterocycles. The predicted molar refractivity (Wildman–Crippen MR) is 179 cm³/mol. The van der Waals surface area contributed by atoms with Crippen molar-refractivity contribution in [2.45, 2.75) is 6.92 Å². The molecule has 0 saturated carbocycles. The fraction of sp³-hybridized carbons (Fsp3) is 0.0244. The number of hydrogen-bond acceptors (Lipinski definition) is 0. The minimum Gasteiger partial charge on any atom is -0.0984 e. The lowest BCUT2D eigenvalue weighted by molar-refractivity contribution is 1.51. The predicted octanol–water partition coefficient (Wildman–Crippen LogP) is 11.6. The van der Waals surface area contributed by atoms with Crippen LogP contribution in [0.2, 0.25) is 0 Å². The van der Waals surface area contributed by atoms with Crippen LogP contribution in [0.4, 0.5) is 0 Å². The van der Waals surface area contributed by atoms with Gasteiger partial charge in [0.15, 0.2) is 0 Å². The molecule has 0 bridgehead atoms. The largest absolute Gasteiger partial charge is 0.0984 e. The Morgan fingerprint density at radius 2 is 1.02 bits per heavy atom. The summed E-state index contributed by atoms with van der Waals surface area (Å²) < 4.78 is 0. The Hall–Kier alpha value is -5.20. The second-order valence-electron chi connectivity index (χ2n) is 10.5. The Kier molecular flexibility index (Phi) is 6.30. The zero-order chi connectivity index (χ0) is 27.8. The van der Waals surface area contributed by atoms with Gasteiger partial charge in [-0.05, 0) is 95.9 Å². The zero-order valence-electron chi connectivity index (χ0n) is 23.1. The van der Waals surface area contributed by atoms with Crippen LogP contribution < -0.4 is 0 Å². The Balaban J connectivity index is 1.53. The van der Waals surface area contributed by atoms with Gasteiger partial charge in [0, 0.05) is 0 Å². The third-order valence-electron chi connectivity index (χ3n) is 8.20. The Labute approximate surface area is 241 Å². The van der Waals surface area contributed by atoms with Crippen molar-refractivity contribution in [1.82, 2.24) is 0 Å². The van der Waals surface area contributed by atoms with Crippen molar-refractivity contribution < 1.29 is 0 Å². The van der Waals surface area contributed by atoms with Crippen LogP contribution in [0.3, 0.4) is 0 Å². The molecule has 0 spiro atoms. The fourth-order valence-electron chi connectivity index (χ4n) is 6.31. The van der Waals surface area contributed by atoms with Gasteiger partial charge in [-0.25, -0.2) is 0 Å². The molecule has 194 valence electrons. The van der Waals surface area contributed by atoms with Crippen LogP contribution in [0.15, 0.2) is 152 Å². The maximum absolute atomic E-state index is 4.14. The SMILES string of the molecule is C=Cc1ccc(-c2c3ccccc3c(-c3ccc4ccccc4c3)c3ccccc23)cc1/C(=C\C)c1ccccc1. The second-order valence-corrected chi connectivity index (χ2v) is 10.5. The van der Waals surface area contributed by atoms with Gasteiger partial charge in [0.2, 0.25) is 0 Å². The summed E-state index contributed by atoms with van der Waals surface area (Å²) in [6.07, 6.45) is 4.17. The van der Waals surface area contributed by atoms with Gasteiger partial charge in [0.1, 0.15) is 0 Å². The summed E-state index contributed by atoms with van der Waals surface area (Å²) in [5, 5.41) is 7.56. The smallest absolute Gasteiger partial charge is 0.00261 e. The number of hydrogen-bond donors (Lipinski definition) is 0. The first kappa shape index (κ1) is 24.8. The van der Waals surface area contributed by atoms with E-state index in [-0.39, 0.29) is 0 Å². The first-order chi connectivity index (χ1) is 20.3. The first-order valence-corrected chi connectivity index (χ1v) is 14.2. The molecule has 0 heteroatoms. The third kappa shape index (κ3) is 4.26. The molecule has 7 aromatic carbocycles. The van der Waals surface area contributed by atoms with Crippen LogP contribution in [-0.4, -0.2) is 0 Å². The molecule has 0 aliphatic heterocycles. The highest BCUT2D eigenvalue weighted by Crippen LogP contribution is 2.45. The number of fused-ring (bicyclic) bond motifs is 3. The topological polar surface area (TPSA) is 0 Å². The average Bonchev–Trinajstić information content (AvgIpc) is 3.04. The minimum atomic E-state index is 1.13. The quantitative estimate of drug-likeness (QED) is 0.197. The van der Waals surface area contributed by atoms with Crippen molar-refractivity contribution in [1.29, 1.82) is 0 Å². The van der Waals surface area contributed by atoms with Gasteiger partial charge in [0.05, 0.1) is 0 Å². The molecule has 0 fully saturated rings. The summed E-state index contributed by atoms with van der Waals surface area (Å²) in [6.45, 7) is 6.26. The molecule has 0 atom stereocenters. The van der Waals surface area contributed by atoms with Gasteiger partial charge in [-0.2, -0.15) is 0 Å². The highest BCUT2D eigenvalue weighted by Gasteiger charge is 2.18. The molecular formula is C41H30. The number of allylic oxidation sites excluding steroid dienone is 1. The number of benzene rings is 7. The van der Waals surface area contributed by atoms with E-state index in [4.69, 9.17) is 0 Å². The lowest BCUT2D eigenvalue weighted by Gasteiger charge is -2.19. The van der Waals surface area contributed by atoms with Gasteiger partial charge >= 0.3 is 0 Å². The van der Waals surface area contributed by atoms with Crippen LogP contribution in [0.25, 0.3) is 66.2 Å². The highest BCUT2D eigenvalue weighted by molar-refractivity contribution is 6.21. The van der Waals surface area contributed by atoms with Crippen LogP contribution >= 0.6 is 0 Å². The zero-order valence-corrected chi connectivity index (χ0v) is 23.1. The van der Waals surface area contributed by atoms with E-state index >= 15 is 0 Å². The standard InChI is InChI=1S/C41H30/c1-3-28-22-24-33(27-39(28)34(4-2)30-15-6-5-7-16-30)41-37-20-12-10-18-35(37)40(36-19-11-13-21-38(36)41)32-25-23-29-14-8-9-17-31(29)26-32/h3-27H,1H2,2H3/b34-4-. The molecule has 0 aromatic heterocycles. The molecule has 0 radical (unpaired) electrons. The van der Waals surface area contributed by atoms with E-state index in [0.717, 1.165) is 5.56 Å². The van der Waals surface area contributed by atoms with Crippen molar-refractivity contribution in [3.05, 3.63) is 169 Å². The van der Waals surface area contributed by atoms with Gasteiger partial charge in [0.25, 0.3) is 0 Å². The molecule has 0 saturated heterocycles. The number of rotatable bonds is 5. The Morgan fingerprint density at radius 3 is 1.61 bits per heavy atom. The molecule has 0 N–H and O–H groups in total. The summed E-state index contributed by atoms with van der Waals surface area (Å²) in [6, 6.07) is 50.6. The lowest BCUT2D eigenvalue weighted by Crippen LogP contribution is -1.95. The van der Waals surface area contributed by atoms with E-state index in [1.54, 1.807) is 0 Å². The Morgan fingerprint density at radius 1 is 0.512 bits per heavy atom. The van der Waals surface area contributed by atoms with Crippen molar-refractivity contribution >= 4 is 44.0 Å². The van der Waals surface area contributed by atoms with Crippen LogP contribution in [0.5, 0.6) is 0 Å². The van der Waals surface area contributed by atoms with E-state index in [1.165, 1.54) is 71.3 Å². The molecule has 7 rings (SSSR count). The van der Waals surface area contributed by atoms with Gasteiger partial charge in [-0.1, -0.05) is 146 Å². The van der Waals surface area contributed by atoms with Gasteiger partial charge in [-0.3, -0.25) is 0 Å². The summed E-state index contributed by atoms with van der Waals surface area (Å²) in [7, 11) is 0. The molecule has 7 aromatic rings. The third-order valence-corrected chi connectivity index (χ3v) is 8.20. The molecule has 0 unspecified atom stereocenters. The molecule has 41 heavy (non-hydrogen) atoms. The Bertz CT molecular complexity index is 2050. The summed E-state index contributed by atoms with van der Waals surface area (Å²) in [5.41, 5.74) is 9.74. The minimum absolute atomic E-state index is 1.13. The second kappa shape index (κ2) is 10.4. The highest BCUT2D eigenvalue weighted by atomic mass is 14.2. The molecular weight excluding hydrogens is 492 g/mol. The van der Waals surface area contributed by atoms with Crippen molar-refractivity contribution in [3.63, 3.8) is 0 Å². The normalized spacial score (nSPS) is 11.8. The maximum atomic E-state index is 4.14. The van der Waals surface area contributed by atoms with E-state index in [9.17, 15) is 0 Å². The van der Waals surface area contributed by atoms with Crippen LogP contribution in [-0.2, 0) is 0 Å². The fourth-order valence-corrected chi connectivity index (χ4v) is 6.31. The monoisotopic (exact) mass is 522 g/mol. The summed E-state index contributed by atoms with van der Waals surface area (Å²) in [5.74, 6) is 0. The average molecular weight is 523 g/mol. The van der Waals surface area contributed by atoms with E-state index in [2.05, 4.69) is 159 Å². The van der Waals surface area contributed by atoms with Crippen molar-refractivity contribution in [2.75, 3.05) is 0 Å². The van der Waals surface area contributed by atoms with Crippen LogP contribution in [0.1, 0.15) is 23.6 Å². The molecule has 0 amide bonds.